The van der Waals surface area contributed by atoms with E-state index in [1.54, 1.807) is 13.0 Å². The predicted molar refractivity (Wildman–Crippen MR) is 70.7 cm³/mol. The Labute approximate surface area is 106 Å². The number of nitriles is 1. The van der Waals surface area contributed by atoms with Crippen molar-refractivity contribution < 1.29 is 0 Å². The molecule has 1 N–H and O–H groups in total. The lowest BCUT2D eigenvalue weighted by molar-refractivity contribution is 1.04. The SMILES string of the molecule is Cc1nc(C#N)cc(Nc2cccc(C)c2C)n1. The lowest BCUT2D eigenvalue weighted by Crippen LogP contribution is -2.00. The van der Waals surface area contributed by atoms with Crippen LogP contribution in [-0.4, -0.2) is 9.97 Å². The van der Waals surface area contributed by atoms with Gasteiger partial charge in [-0.2, -0.15) is 5.26 Å². The Bertz CT molecular complexity index is 626. The molecule has 0 aliphatic carbocycles. The van der Waals surface area contributed by atoms with E-state index in [2.05, 4.69) is 35.2 Å². The third kappa shape index (κ3) is 2.46. The minimum absolute atomic E-state index is 0.371. The van der Waals surface area contributed by atoms with E-state index in [0.29, 0.717) is 17.3 Å². The van der Waals surface area contributed by atoms with Crippen LogP contribution in [0.25, 0.3) is 0 Å². The molecule has 0 bridgehead atoms. The van der Waals surface area contributed by atoms with Gasteiger partial charge in [-0.15, -0.1) is 0 Å². The zero-order valence-corrected chi connectivity index (χ0v) is 10.7. The number of nitrogens with one attached hydrogen (secondary N) is 1. The van der Waals surface area contributed by atoms with Gasteiger partial charge in [0.25, 0.3) is 0 Å². The number of hydrogen-bond donors (Lipinski definition) is 1. The van der Waals surface area contributed by atoms with Gasteiger partial charge < -0.3 is 5.32 Å². The molecule has 1 heterocycles. The molecule has 0 saturated carbocycles. The molecule has 4 nitrogen and oxygen atoms in total. The van der Waals surface area contributed by atoms with Crippen molar-refractivity contribution >= 4 is 11.5 Å². The zero-order chi connectivity index (χ0) is 13.1. The van der Waals surface area contributed by atoms with Crippen molar-refractivity contribution in [3.63, 3.8) is 0 Å². The normalized spacial score (nSPS) is 9.89. The molecule has 1 aromatic carbocycles. The lowest BCUT2D eigenvalue weighted by Gasteiger charge is -2.11. The molecule has 0 fully saturated rings. The van der Waals surface area contributed by atoms with E-state index < -0.39 is 0 Å². The van der Waals surface area contributed by atoms with Gasteiger partial charge in [0, 0.05) is 11.8 Å². The number of aromatic nitrogens is 2. The number of rotatable bonds is 2. The third-order valence-electron chi connectivity index (χ3n) is 2.82. The van der Waals surface area contributed by atoms with Gasteiger partial charge >= 0.3 is 0 Å². The second kappa shape index (κ2) is 4.84. The van der Waals surface area contributed by atoms with Crippen molar-refractivity contribution in [2.45, 2.75) is 20.8 Å². The first-order chi connectivity index (χ1) is 8.60. The molecule has 0 spiro atoms. The molecule has 90 valence electrons. The van der Waals surface area contributed by atoms with Gasteiger partial charge in [0.1, 0.15) is 23.4 Å². The molecule has 1 aromatic heterocycles. The van der Waals surface area contributed by atoms with Gasteiger partial charge in [-0.25, -0.2) is 9.97 Å². The third-order valence-corrected chi connectivity index (χ3v) is 2.82. The first kappa shape index (κ1) is 12.1. The van der Waals surface area contributed by atoms with Crippen molar-refractivity contribution in [3.8, 4) is 6.07 Å². The van der Waals surface area contributed by atoms with E-state index in [1.807, 2.05) is 18.2 Å². The Morgan fingerprint density at radius 2 is 1.94 bits per heavy atom. The molecule has 0 unspecified atom stereocenters. The lowest BCUT2D eigenvalue weighted by atomic mass is 10.1. The van der Waals surface area contributed by atoms with Crippen LogP contribution in [0.4, 0.5) is 11.5 Å². The van der Waals surface area contributed by atoms with E-state index in [-0.39, 0.29) is 0 Å². The molecule has 0 saturated heterocycles. The maximum absolute atomic E-state index is 8.88. The van der Waals surface area contributed by atoms with Crippen LogP contribution in [0.1, 0.15) is 22.6 Å². The van der Waals surface area contributed by atoms with Crippen LogP contribution in [0.5, 0.6) is 0 Å². The first-order valence-corrected chi connectivity index (χ1v) is 5.69. The van der Waals surface area contributed by atoms with E-state index in [0.717, 1.165) is 5.69 Å². The minimum atomic E-state index is 0.371. The molecule has 0 aliphatic heterocycles. The quantitative estimate of drug-likeness (QED) is 0.873. The van der Waals surface area contributed by atoms with Crippen LogP contribution in [0, 0.1) is 32.1 Å². The fourth-order valence-electron chi connectivity index (χ4n) is 1.71. The monoisotopic (exact) mass is 238 g/mol. The summed E-state index contributed by atoms with van der Waals surface area (Å²) in [6, 6.07) is 9.72. The maximum atomic E-state index is 8.88. The summed E-state index contributed by atoms with van der Waals surface area (Å²) in [5.41, 5.74) is 3.76. The van der Waals surface area contributed by atoms with Gasteiger partial charge in [0.15, 0.2) is 0 Å². The molecular weight excluding hydrogens is 224 g/mol. The Kier molecular flexibility index (Phi) is 3.24. The summed E-state index contributed by atoms with van der Waals surface area (Å²) >= 11 is 0. The summed E-state index contributed by atoms with van der Waals surface area (Å²) in [5, 5.41) is 12.1. The highest BCUT2D eigenvalue weighted by atomic mass is 15.0. The molecule has 18 heavy (non-hydrogen) atoms. The minimum Gasteiger partial charge on any atom is -0.340 e. The number of benzene rings is 1. The topological polar surface area (TPSA) is 61.6 Å². The Hall–Kier alpha value is -2.41. The van der Waals surface area contributed by atoms with Gasteiger partial charge in [-0.05, 0) is 38.0 Å². The van der Waals surface area contributed by atoms with Crippen LogP contribution in [0.2, 0.25) is 0 Å². The smallest absolute Gasteiger partial charge is 0.146 e. The summed E-state index contributed by atoms with van der Waals surface area (Å²) in [6.07, 6.45) is 0. The molecule has 0 atom stereocenters. The van der Waals surface area contributed by atoms with Crippen molar-refractivity contribution in [3.05, 3.63) is 46.9 Å². The van der Waals surface area contributed by atoms with Crippen molar-refractivity contribution in [2.75, 3.05) is 5.32 Å². The molecule has 0 amide bonds. The summed E-state index contributed by atoms with van der Waals surface area (Å²) in [7, 11) is 0. The Balaban J connectivity index is 2.37. The Morgan fingerprint density at radius 3 is 2.67 bits per heavy atom. The summed E-state index contributed by atoms with van der Waals surface area (Å²) in [5.74, 6) is 1.23. The first-order valence-electron chi connectivity index (χ1n) is 5.69. The number of hydrogen-bond acceptors (Lipinski definition) is 4. The van der Waals surface area contributed by atoms with Crippen molar-refractivity contribution in [1.82, 2.24) is 9.97 Å². The molecule has 0 radical (unpaired) electrons. The molecule has 2 rings (SSSR count). The fraction of sp³-hybridized carbons (Fsp3) is 0.214. The van der Waals surface area contributed by atoms with Crippen LogP contribution < -0.4 is 5.32 Å². The summed E-state index contributed by atoms with van der Waals surface area (Å²) < 4.78 is 0. The highest BCUT2D eigenvalue weighted by Gasteiger charge is 2.04. The number of nitrogens with zero attached hydrogens (tertiary/aromatic N) is 3. The highest BCUT2D eigenvalue weighted by molar-refractivity contribution is 5.62. The van der Waals surface area contributed by atoms with Gasteiger partial charge in [0.05, 0.1) is 0 Å². The van der Waals surface area contributed by atoms with E-state index in [9.17, 15) is 0 Å². The van der Waals surface area contributed by atoms with Crippen molar-refractivity contribution in [1.29, 1.82) is 5.26 Å². The summed E-state index contributed by atoms with van der Waals surface area (Å²) in [4.78, 5) is 8.30. The summed E-state index contributed by atoms with van der Waals surface area (Å²) in [6.45, 7) is 5.89. The van der Waals surface area contributed by atoms with Crippen LogP contribution in [-0.2, 0) is 0 Å². The maximum Gasteiger partial charge on any atom is 0.146 e. The zero-order valence-electron chi connectivity index (χ0n) is 10.7. The van der Waals surface area contributed by atoms with Gasteiger partial charge in [0.2, 0.25) is 0 Å². The standard InChI is InChI=1S/C14H14N4/c1-9-5-4-6-13(10(9)2)18-14-7-12(8-15)16-11(3)17-14/h4-7H,1-3H3,(H,16,17,18). The van der Waals surface area contributed by atoms with Crippen molar-refractivity contribution in [2.24, 2.45) is 0 Å². The van der Waals surface area contributed by atoms with E-state index >= 15 is 0 Å². The average molecular weight is 238 g/mol. The fourth-order valence-corrected chi connectivity index (χ4v) is 1.71. The van der Waals surface area contributed by atoms with Crippen LogP contribution in [0.15, 0.2) is 24.3 Å². The molecular formula is C14H14N4. The molecule has 2 aromatic rings. The molecule has 0 aliphatic rings. The molecule has 4 heteroatoms. The second-order valence-corrected chi connectivity index (χ2v) is 4.17. The highest BCUT2D eigenvalue weighted by Crippen LogP contribution is 2.21. The predicted octanol–water partition coefficient (Wildman–Crippen LogP) is 3.02. The second-order valence-electron chi connectivity index (χ2n) is 4.17. The average Bonchev–Trinajstić information content (AvgIpc) is 2.34. The Morgan fingerprint density at radius 1 is 1.17 bits per heavy atom. The van der Waals surface area contributed by atoms with Gasteiger partial charge in [-0.1, -0.05) is 12.1 Å². The van der Waals surface area contributed by atoms with Crippen LogP contribution >= 0.6 is 0 Å². The number of aryl methyl sites for hydroxylation is 2. The van der Waals surface area contributed by atoms with Crippen LogP contribution in [0.3, 0.4) is 0 Å². The largest absolute Gasteiger partial charge is 0.340 e. The van der Waals surface area contributed by atoms with E-state index in [4.69, 9.17) is 5.26 Å². The van der Waals surface area contributed by atoms with Gasteiger partial charge in [-0.3, -0.25) is 0 Å². The van der Waals surface area contributed by atoms with E-state index in [1.165, 1.54) is 11.1 Å². The number of anilines is 2.